The van der Waals surface area contributed by atoms with Crippen molar-refractivity contribution in [2.24, 2.45) is 0 Å². The largest absolute Gasteiger partial charge is 0.490 e. The van der Waals surface area contributed by atoms with Crippen LogP contribution < -0.4 is 29.2 Å². The van der Waals surface area contributed by atoms with E-state index in [4.69, 9.17) is 18.9 Å². The van der Waals surface area contributed by atoms with Gasteiger partial charge in [0.15, 0.2) is 23.0 Å². The molecule has 10 heteroatoms. The van der Waals surface area contributed by atoms with Gasteiger partial charge in [-0.3, -0.25) is 14.9 Å². The summed E-state index contributed by atoms with van der Waals surface area (Å²) in [5.41, 5.74) is 2.76. The Morgan fingerprint density at radius 3 is 2.53 bits per heavy atom. The lowest BCUT2D eigenvalue weighted by Crippen LogP contribution is -2.54. The Hall–Kier alpha value is -4.06. The van der Waals surface area contributed by atoms with Crippen LogP contribution in [0.5, 0.6) is 23.0 Å². The molecule has 0 aliphatic carbocycles. The summed E-state index contributed by atoms with van der Waals surface area (Å²) in [6, 6.07) is 15.3. The molecule has 1 saturated heterocycles. The summed E-state index contributed by atoms with van der Waals surface area (Å²) in [5, 5.41) is 2.23. The second kappa shape index (κ2) is 10.7. The van der Waals surface area contributed by atoms with E-state index in [-0.39, 0.29) is 18.1 Å². The van der Waals surface area contributed by atoms with Crippen molar-refractivity contribution >= 4 is 52.2 Å². The van der Waals surface area contributed by atoms with Crippen LogP contribution in [-0.4, -0.2) is 31.2 Å². The maximum absolute atomic E-state index is 13.3. The third-order valence-electron chi connectivity index (χ3n) is 5.86. The number of imide groups is 2. The Labute approximate surface area is 232 Å². The first-order valence-corrected chi connectivity index (χ1v) is 12.9. The van der Waals surface area contributed by atoms with Gasteiger partial charge in [-0.25, -0.2) is 9.69 Å². The highest BCUT2D eigenvalue weighted by Gasteiger charge is 2.37. The zero-order valence-corrected chi connectivity index (χ0v) is 22.7. The summed E-state index contributed by atoms with van der Waals surface area (Å²) in [6.45, 7) is 4.67. The predicted octanol–water partition coefficient (Wildman–Crippen LogP) is 4.97. The van der Waals surface area contributed by atoms with Gasteiger partial charge in [0, 0.05) is 6.07 Å². The van der Waals surface area contributed by atoms with Crippen LogP contribution in [0.2, 0.25) is 0 Å². The van der Waals surface area contributed by atoms with E-state index in [0.717, 1.165) is 19.6 Å². The fourth-order valence-corrected chi connectivity index (χ4v) is 4.78. The molecule has 0 aromatic heterocycles. The number of carbonyl (C=O) groups excluding carboxylic acids is 3. The van der Waals surface area contributed by atoms with E-state index in [1.54, 1.807) is 24.3 Å². The third kappa shape index (κ3) is 5.17. The van der Waals surface area contributed by atoms with Gasteiger partial charge in [-0.05, 0) is 77.9 Å². The number of hydrogen-bond acceptors (Lipinski definition) is 7. The van der Waals surface area contributed by atoms with E-state index in [9.17, 15) is 14.4 Å². The number of benzene rings is 3. The van der Waals surface area contributed by atoms with Crippen molar-refractivity contribution in [2.45, 2.75) is 20.5 Å². The number of barbiturate groups is 1. The van der Waals surface area contributed by atoms with Crippen molar-refractivity contribution < 1.29 is 33.3 Å². The Kier molecular flexibility index (Phi) is 7.23. The van der Waals surface area contributed by atoms with Crippen LogP contribution in [0.25, 0.3) is 6.08 Å². The molecule has 2 aliphatic heterocycles. The number of halogens is 1. The van der Waals surface area contributed by atoms with E-state index < -0.39 is 17.8 Å². The average molecular weight is 626 g/mol. The molecule has 2 heterocycles. The van der Waals surface area contributed by atoms with E-state index in [0.29, 0.717) is 41.8 Å². The molecular formula is C28H23IN2O7. The number of urea groups is 1. The normalized spacial score (nSPS) is 15.6. The number of ether oxygens (including phenoxy) is 4. The monoisotopic (exact) mass is 626 g/mol. The zero-order valence-electron chi connectivity index (χ0n) is 20.6. The lowest BCUT2D eigenvalue weighted by molar-refractivity contribution is -0.122. The molecule has 1 N–H and O–H groups in total. The Balaban J connectivity index is 1.44. The van der Waals surface area contributed by atoms with Crippen LogP contribution in [0.4, 0.5) is 10.5 Å². The summed E-state index contributed by atoms with van der Waals surface area (Å²) >= 11 is 2.13. The molecule has 0 radical (unpaired) electrons. The Bertz CT molecular complexity index is 1470. The molecular weight excluding hydrogens is 603 g/mol. The maximum atomic E-state index is 13.3. The molecule has 0 atom stereocenters. The molecule has 9 nitrogen and oxygen atoms in total. The fourth-order valence-electron chi connectivity index (χ4n) is 4.00. The molecule has 0 saturated carbocycles. The Morgan fingerprint density at radius 2 is 1.76 bits per heavy atom. The number of carbonyl (C=O) groups is 3. The number of anilines is 1. The molecule has 3 aromatic carbocycles. The van der Waals surface area contributed by atoms with Crippen LogP contribution in [0.15, 0.2) is 60.2 Å². The van der Waals surface area contributed by atoms with E-state index in [2.05, 4.69) is 27.9 Å². The molecule has 5 rings (SSSR count). The van der Waals surface area contributed by atoms with Gasteiger partial charge < -0.3 is 18.9 Å². The van der Waals surface area contributed by atoms with Gasteiger partial charge >= 0.3 is 6.03 Å². The third-order valence-corrected chi connectivity index (χ3v) is 6.66. The lowest BCUT2D eigenvalue weighted by atomic mass is 10.1. The second-order valence-electron chi connectivity index (χ2n) is 8.53. The molecule has 38 heavy (non-hydrogen) atoms. The van der Waals surface area contributed by atoms with Crippen LogP contribution >= 0.6 is 22.6 Å². The van der Waals surface area contributed by atoms with Crippen molar-refractivity contribution in [3.8, 4) is 23.0 Å². The summed E-state index contributed by atoms with van der Waals surface area (Å²) in [7, 11) is 0. The van der Waals surface area contributed by atoms with Gasteiger partial charge in [0.2, 0.25) is 6.79 Å². The number of amides is 4. The minimum atomic E-state index is -0.847. The smallest absolute Gasteiger partial charge is 0.335 e. The molecule has 2 aliphatic rings. The van der Waals surface area contributed by atoms with Crippen LogP contribution in [0.1, 0.15) is 23.6 Å². The summed E-state index contributed by atoms with van der Waals surface area (Å²) < 4.78 is 23.3. The SMILES string of the molecule is CCOc1cc(/C=C2\C(=O)NC(=O)N(c3ccc4c(c3)OCO4)C2=O)cc(I)c1OCc1ccc(C)cc1. The molecule has 4 amide bonds. The highest BCUT2D eigenvalue weighted by Crippen LogP contribution is 2.38. The van der Waals surface area contributed by atoms with Gasteiger partial charge in [0.1, 0.15) is 12.2 Å². The van der Waals surface area contributed by atoms with Gasteiger partial charge in [-0.15, -0.1) is 0 Å². The molecule has 0 unspecified atom stereocenters. The van der Waals surface area contributed by atoms with Gasteiger partial charge in [0.25, 0.3) is 11.8 Å². The number of aryl methyl sites for hydroxylation is 1. The van der Waals surface area contributed by atoms with E-state index in [1.165, 1.54) is 12.1 Å². The first-order chi connectivity index (χ1) is 18.3. The highest BCUT2D eigenvalue weighted by molar-refractivity contribution is 14.1. The number of rotatable bonds is 7. The van der Waals surface area contributed by atoms with Crippen molar-refractivity contribution in [2.75, 3.05) is 18.3 Å². The molecule has 3 aromatic rings. The summed E-state index contributed by atoms with van der Waals surface area (Å²) in [5.74, 6) is 0.406. The molecule has 194 valence electrons. The van der Waals surface area contributed by atoms with Crippen molar-refractivity contribution in [3.63, 3.8) is 0 Å². The van der Waals surface area contributed by atoms with Crippen LogP contribution in [-0.2, 0) is 16.2 Å². The number of hydrogen-bond donors (Lipinski definition) is 1. The van der Waals surface area contributed by atoms with Crippen LogP contribution in [0.3, 0.4) is 0 Å². The number of nitrogens with one attached hydrogen (secondary N) is 1. The van der Waals surface area contributed by atoms with E-state index in [1.807, 2.05) is 38.1 Å². The fraction of sp³-hybridized carbons (Fsp3) is 0.179. The summed E-state index contributed by atoms with van der Waals surface area (Å²) in [6.07, 6.45) is 1.43. The van der Waals surface area contributed by atoms with Gasteiger partial charge in [-0.1, -0.05) is 29.8 Å². The predicted molar refractivity (Wildman–Crippen MR) is 147 cm³/mol. The maximum Gasteiger partial charge on any atom is 0.335 e. The Morgan fingerprint density at radius 1 is 1.00 bits per heavy atom. The van der Waals surface area contributed by atoms with Crippen molar-refractivity contribution in [1.82, 2.24) is 5.32 Å². The van der Waals surface area contributed by atoms with Crippen molar-refractivity contribution in [1.29, 1.82) is 0 Å². The lowest BCUT2D eigenvalue weighted by Gasteiger charge is -2.26. The standard InChI is InChI=1S/C28H23IN2O7/c1-3-35-24-12-18(11-21(29)25(24)36-14-17-6-4-16(2)5-7-17)10-20-26(32)30-28(34)31(27(20)33)19-8-9-22-23(13-19)38-15-37-22/h4-13H,3,14-15H2,1-2H3,(H,30,32,34)/b20-10+. The highest BCUT2D eigenvalue weighted by atomic mass is 127. The quantitative estimate of drug-likeness (QED) is 0.225. The van der Waals surface area contributed by atoms with E-state index >= 15 is 0 Å². The van der Waals surface area contributed by atoms with Crippen LogP contribution in [0, 0.1) is 10.5 Å². The molecule has 1 fully saturated rings. The minimum Gasteiger partial charge on any atom is -0.490 e. The van der Waals surface area contributed by atoms with Gasteiger partial charge in [-0.2, -0.15) is 0 Å². The topological polar surface area (TPSA) is 103 Å². The first-order valence-electron chi connectivity index (χ1n) is 11.8. The van der Waals surface area contributed by atoms with Crippen molar-refractivity contribution in [3.05, 3.63) is 80.4 Å². The minimum absolute atomic E-state index is 0.0497. The first kappa shape index (κ1) is 25.6. The zero-order chi connectivity index (χ0) is 26.8. The second-order valence-corrected chi connectivity index (χ2v) is 9.69. The molecule has 0 bridgehead atoms. The summed E-state index contributed by atoms with van der Waals surface area (Å²) in [4.78, 5) is 39.5. The van der Waals surface area contributed by atoms with Gasteiger partial charge in [0.05, 0.1) is 15.9 Å². The number of nitrogens with zero attached hydrogens (tertiary/aromatic N) is 1. The average Bonchev–Trinajstić information content (AvgIpc) is 3.35. The number of fused-ring (bicyclic) bond motifs is 1. The molecule has 0 spiro atoms.